The highest BCUT2D eigenvalue weighted by Crippen LogP contribution is 2.14. The number of rotatable bonds is 6. The van der Waals surface area contributed by atoms with Crippen molar-refractivity contribution in [3.8, 4) is 0 Å². The lowest BCUT2D eigenvalue weighted by molar-refractivity contribution is 0.0952. The molecule has 0 aliphatic carbocycles. The molecule has 1 saturated heterocycles. The van der Waals surface area contributed by atoms with Gasteiger partial charge in [-0.25, -0.2) is 0 Å². The van der Waals surface area contributed by atoms with Crippen LogP contribution in [0.15, 0.2) is 24.3 Å². The standard InChI is InChI=1S/C17H26N2O/c1-14(2)15-6-8-16(9-7-15)17(20)18-10-5-13-19-11-3-4-12-19/h6-9,14H,3-5,10-13H2,1-2H3,(H,18,20). The molecule has 0 radical (unpaired) electrons. The van der Waals surface area contributed by atoms with Crippen LogP contribution in [-0.4, -0.2) is 37.0 Å². The number of benzene rings is 1. The van der Waals surface area contributed by atoms with E-state index in [2.05, 4.69) is 24.1 Å². The van der Waals surface area contributed by atoms with Crippen LogP contribution in [0.2, 0.25) is 0 Å². The van der Waals surface area contributed by atoms with Crippen LogP contribution in [0.3, 0.4) is 0 Å². The predicted molar refractivity (Wildman–Crippen MR) is 83.2 cm³/mol. The van der Waals surface area contributed by atoms with Gasteiger partial charge in [0, 0.05) is 12.1 Å². The second-order valence-electron chi connectivity index (χ2n) is 5.93. The molecule has 0 spiro atoms. The van der Waals surface area contributed by atoms with E-state index in [0.29, 0.717) is 5.92 Å². The Labute approximate surface area is 122 Å². The lowest BCUT2D eigenvalue weighted by atomic mass is 10.0. The Bertz CT molecular complexity index is 419. The first-order valence-corrected chi connectivity index (χ1v) is 7.77. The van der Waals surface area contributed by atoms with Crippen LogP contribution in [0.25, 0.3) is 0 Å². The highest BCUT2D eigenvalue weighted by atomic mass is 16.1. The maximum atomic E-state index is 12.0. The van der Waals surface area contributed by atoms with Crippen molar-refractivity contribution in [2.45, 2.75) is 39.0 Å². The average Bonchev–Trinajstić information content (AvgIpc) is 2.96. The van der Waals surface area contributed by atoms with Gasteiger partial charge < -0.3 is 10.2 Å². The van der Waals surface area contributed by atoms with Gasteiger partial charge in [0.1, 0.15) is 0 Å². The van der Waals surface area contributed by atoms with Gasteiger partial charge in [-0.15, -0.1) is 0 Å². The van der Waals surface area contributed by atoms with Crippen LogP contribution < -0.4 is 5.32 Å². The van der Waals surface area contributed by atoms with Gasteiger partial charge in [-0.2, -0.15) is 0 Å². The summed E-state index contributed by atoms with van der Waals surface area (Å²) in [4.78, 5) is 14.5. The number of nitrogens with zero attached hydrogens (tertiary/aromatic N) is 1. The molecular weight excluding hydrogens is 248 g/mol. The zero-order valence-corrected chi connectivity index (χ0v) is 12.7. The van der Waals surface area contributed by atoms with Crippen molar-refractivity contribution < 1.29 is 4.79 Å². The number of nitrogens with one attached hydrogen (secondary N) is 1. The zero-order chi connectivity index (χ0) is 14.4. The minimum absolute atomic E-state index is 0.0433. The molecular formula is C17H26N2O. The molecule has 1 aromatic carbocycles. The van der Waals surface area contributed by atoms with Gasteiger partial charge in [0.2, 0.25) is 0 Å². The van der Waals surface area contributed by atoms with Crippen molar-refractivity contribution in [3.05, 3.63) is 35.4 Å². The number of likely N-dealkylation sites (tertiary alicyclic amines) is 1. The summed E-state index contributed by atoms with van der Waals surface area (Å²) < 4.78 is 0. The molecule has 2 rings (SSSR count). The molecule has 1 aliphatic rings. The van der Waals surface area contributed by atoms with Crippen molar-refractivity contribution in [1.82, 2.24) is 10.2 Å². The van der Waals surface area contributed by atoms with Crippen LogP contribution in [-0.2, 0) is 0 Å². The fraction of sp³-hybridized carbons (Fsp3) is 0.588. The van der Waals surface area contributed by atoms with Gasteiger partial charge in [0.15, 0.2) is 0 Å². The normalized spacial score (nSPS) is 15.8. The lowest BCUT2D eigenvalue weighted by Crippen LogP contribution is -2.28. The zero-order valence-electron chi connectivity index (χ0n) is 12.7. The van der Waals surface area contributed by atoms with E-state index in [1.165, 1.54) is 31.5 Å². The van der Waals surface area contributed by atoms with Crippen molar-refractivity contribution in [1.29, 1.82) is 0 Å². The fourth-order valence-electron chi connectivity index (χ4n) is 2.63. The molecule has 3 heteroatoms. The van der Waals surface area contributed by atoms with Gasteiger partial charge in [-0.1, -0.05) is 26.0 Å². The van der Waals surface area contributed by atoms with E-state index in [9.17, 15) is 4.79 Å². The Kier molecular flexibility index (Phi) is 5.60. The van der Waals surface area contributed by atoms with Gasteiger partial charge in [-0.05, 0) is 62.5 Å². The average molecular weight is 274 g/mol. The highest BCUT2D eigenvalue weighted by molar-refractivity contribution is 5.94. The summed E-state index contributed by atoms with van der Waals surface area (Å²) in [5.74, 6) is 0.550. The summed E-state index contributed by atoms with van der Waals surface area (Å²) in [6.45, 7) is 8.64. The maximum Gasteiger partial charge on any atom is 0.251 e. The molecule has 1 fully saturated rings. The van der Waals surface area contributed by atoms with E-state index in [1.807, 2.05) is 24.3 Å². The summed E-state index contributed by atoms with van der Waals surface area (Å²) in [7, 11) is 0. The van der Waals surface area contributed by atoms with E-state index in [0.717, 1.165) is 25.1 Å². The Morgan fingerprint density at radius 3 is 2.45 bits per heavy atom. The first-order chi connectivity index (χ1) is 9.66. The van der Waals surface area contributed by atoms with E-state index >= 15 is 0 Å². The van der Waals surface area contributed by atoms with Crippen molar-refractivity contribution in [2.24, 2.45) is 0 Å². The Morgan fingerprint density at radius 1 is 1.20 bits per heavy atom. The molecule has 0 unspecified atom stereocenters. The van der Waals surface area contributed by atoms with Gasteiger partial charge >= 0.3 is 0 Å². The van der Waals surface area contributed by atoms with Gasteiger partial charge in [0.05, 0.1) is 0 Å². The van der Waals surface area contributed by atoms with E-state index < -0.39 is 0 Å². The smallest absolute Gasteiger partial charge is 0.251 e. The lowest BCUT2D eigenvalue weighted by Gasteiger charge is -2.14. The molecule has 0 aromatic heterocycles. The van der Waals surface area contributed by atoms with Crippen molar-refractivity contribution in [2.75, 3.05) is 26.2 Å². The third kappa shape index (κ3) is 4.34. The summed E-state index contributed by atoms with van der Waals surface area (Å²) >= 11 is 0. The van der Waals surface area contributed by atoms with Crippen molar-refractivity contribution >= 4 is 5.91 Å². The van der Waals surface area contributed by atoms with Crippen LogP contribution in [0.4, 0.5) is 0 Å². The van der Waals surface area contributed by atoms with E-state index in [1.54, 1.807) is 0 Å². The van der Waals surface area contributed by atoms with Gasteiger partial charge in [0.25, 0.3) is 5.91 Å². The Morgan fingerprint density at radius 2 is 1.85 bits per heavy atom. The minimum atomic E-state index is 0.0433. The SMILES string of the molecule is CC(C)c1ccc(C(=O)NCCCN2CCCC2)cc1. The molecule has 1 heterocycles. The molecule has 0 saturated carbocycles. The van der Waals surface area contributed by atoms with Crippen LogP contribution in [0, 0.1) is 0 Å². The number of hydrogen-bond donors (Lipinski definition) is 1. The van der Waals surface area contributed by atoms with Crippen molar-refractivity contribution in [3.63, 3.8) is 0 Å². The minimum Gasteiger partial charge on any atom is -0.352 e. The topological polar surface area (TPSA) is 32.3 Å². The van der Waals surface area contributed by atoms with E-state index in [4.69, 9.17) is 0 Å². The largest absolute Gasteiger partial charge is 0.352 e. The molecule has 20 heavy (non-hydrogen) atoms. The Hall–Kier alpha value is -1.35. The Balaban J connectivity index is 1.71. The summed E-state index contributed by atoms with van der Waals surface area (Å²) in [5, 5.41) is 3.01. The molecule has 3 nitrogen and oxygen atoms in total. The highest BCUT2D eigenvalue weighted by Gasteiger charge is 2.11. The number of hydrogen-bond acceptors (Lipinski definition) is 2. The second-order valence-corrected chi connectivity index (χ2v) is 5.93. The molecule has 1 amide bonds. The molecule has 1 N–H and O–H groups in total. The van der Waals surface area contributed by atoms with Crippen LogP contribution >= 0.6 is 0 Å². The first-order valence-electron chi connectivity index (χ1n) is 7.77. The summed E-state index contributed by atoms with van der Waals surface area (Å²) in [5.41, 5.74) is 2.03. The maximum absolute atomic E-state index is 12.0. The number of amides is 1. The molecule has 0 bridgehead atoms. The molecule has 0 atom stereocenters. The summed E-state index contributed by atoms with van der Waals surface area (Å²) in [6, 6.07) is 7.93. The van der Waals surface area contributed by atoms with Crippen LogP contribution in [0.5, 0.6) is 0 Å². The number of carbonyl (C=O) groups excluding carboxylic acids is 1. The summed E-state index contributed by atoms with van der Waals surface area (Å²) in [6.07, 6.45) is 3.69. The monoisotopic (exact) mass is 274 g/mol. The first kappa shape index (κ1) is 15.0. The second kappa shape index (κ2) is 7.44. The number of carbonyl (C=O) groups is 1. The fourth-order valence-corrected chi connectivity index (χ4v) is 2.63. The third-order valence-electron chi connectivity index (χ3n) is 3.97. The quantitative estimate of drug-likeness (QED) is 0.809. The molecule has 1 aromatic rings. The molecule has 1 aliphatic heterocycles. The van der Waals surface area contributed by atoms with Crippen LogP contribution in [0.1, 0.15) is 54.9 Å². The predicted octanol–water partition coefficient (Wildman–Crippen LogP) is 3.03. The van der Waals surface area contributed by atoms with Gasteiger partial charge in [-0.3, -0.25) is 4.79 Å². The third-order valence-corrected chi connectivity index (χ3v) is 3.97. The van der Waals surface area contributed by atoms with E-state index in [-0.39, 0.29) is 5.91 Å². The molecule has 110 valence electrons.